The number of nitrogens with zero attached hydrogens (tertiary/aromatic N) is 4. The van der Waals surface area contributed by atoms with Crippen molar-refractivity contribution in [2.45, 2.75) is 31.7 Å². The molecule has 29 heavy (non-hydrogen) atoms. The molecule has 3 aromatic rings. The maximum absolute atomic E-state index is 13.1. The highest BCUT2D eigenvalue weighted by molar-refractivity contribution is 5.94. The second kappa shape index (κ2) is 7.66. The fourth-order valence-electron chi connectivity index (χ4n) is 3.04. The van der Waals surface area contributed by atoms with Gasteiger partial charge in [-0.15, -0.1) is 0 Å². The summed E-state index contributed by atoms with van der Waals surface area (Å²) in [7, 11) is 0. The third kappa shape index (κ3) is 4.29. The maximum atomic E-state index is 13.1. The van der Waals surface area contributed by atoms with E-state index in [0.29, 0.717) is 18.7 Å². The monoisotopic (exact) mass is 406 g/mol. The number of fused-ring (bicyclic) bond motifs is 1. The van der Waals surface area contributed by atoms with E-state index in [-0.39, 0.29) is 24.0 Å². The Kier molecular flexibility index (Phi) is 5.05. The molecule has 0 saturated carbocycles. The van der Waals surface area contributed by atoms with Crippen molar-refractivity contribution < 1.29 is 22.7 Å². The van der Waals surface area contributed by atoms with Crippen molar-refractivity contribution in [3.8, 4) is 0 Å². The number of rotatable bonds is 5. The van der Waals surface area contributed by atoms with Crippen molar-refractivity contribution in [1.29, 1.82) is 0 Å². The fourth-order valence-corrected chi connectivity index (χ4v) is 3.04. The van der Waals surface area contributed by atoms with Gasteiger partial charge in [0.2, 0.25) is 0 Å². The van der Waals surface area contributed by atoms with Crippen LogP contribution >= 0.6 is 0 Å². The molecule has 4 rings (SSSR count). The van der Waals surface area contributed by atoms with Gasteiger partial charge in [-0.1, -0.05) is 12.1 Å². The first-order valence-electron chi connectivity index (χ1n) is 8.93. The number of amides is 1. The minimum absolute atomic E-state index is 0.105. The first-order valence-corrected chi connectivity index (χ1v) is 8.93. The lowest BCUT2D eigenvalue weighted by molar-refractivity contribution is -0.141. The van der Waals surface area contributed by atoms with Crippen molar-refractivity contribution in [2.75, 3.05) is 17.2 Å². The van der Waals surface area contributed by atoms with Gasteiger partial charge in [-0.2, -0.15) is 27.8 Å². The zero-order valence-corrected chi connectivity index (χ0v) is 15.1. The highest BCUT2D eigenvalue weighted by Gasteiger charge is 2.34. The van der Waals surface area contributed by atoms with Crippen LogP contribution in [0.2, 0.25) is 0 Å². The third-order valence-corrected chi connectivity index (χ3v) is 4.43. The Labute approximate surface area is 163 Å². The van der Waals surface area contributed by atoms with Gasteiger partial charge in [0.15, 0.2) is 5.69 Å². The minimum Gasteiger partial charge on any atom is -0.368 e. The van der Waals surface area contributed by atoms with E-state index >= 15 is 0 Å². The predicted molar refractivity (Wildman–Crippen MR) is 97.2 cm³/mol. The van der Waals surface area contributed by atoms with Crippen LogP contribution in [0.1, 0.15) is 24.1 Å². The lowest BCUT2D eigenvalue weighted by atomic mass is 10.2. The van der Waals surface area contributed by atoms with Crippen LogP contribution in [-0.4, -0.2) is 38.2 Å². The van der Waals surface area contributed by atoms with E-state index in [1.165, 1.54) is 4.52 Å². The minimum atomic E-state index is -4.60. The van der Waals surface area contributed by atoms with Gasteiger partial charge in [0, 0.05) is 24.9 Å². The summed E-state index contributed by atoms with van der Waals surface area (Å²) in [5, 5.41) is 9.62. The molecule has 1 aliphatic heterocycles. The number of halogens is 3. The van der Waals surface area contributed by atoms with Crippen molar-refractivity contribution in [2.24, 2.45) is 0 Å². The molecule has 8 nitrogen and oxygen atoms in total. The number of anilines is 2. The fraction of sp³-hybridized carbons (Fsp3) is 0.333. The molecule has 1 amide bonds. The Morgan fingerprint density at radius 2 is 2.17 bits per heavy atom. The Morgan fingerprint density at radius 3 is 2.93 bits per heavy atom. The standard InChI is InChI=1S/C18H17F3N6O2/c19-18(20,21)14-8-15(27-17(26-14)23-10-24-27)22-9-11-3-1-4-12(7-11)25-16(28)13-5-2-6-29-13/h1,3-4,7-8,10,13,22H,2,5-6,9H2,(H,25,28). The van der Waals surface area contributed by atoms with Crippen LogP contribution in [0.5, 0.6) is 0 Å². The number of nitrogens with one attached hydrogen (secondary N) is 2. The molecule has 2 N–H and O–H groups in total. The van der Waals surface area contributed by atoms with Crippen LogP contribution in [0.3, 0.4) is 0 Å². The van der Waals surface area contributed by atoms with E-state index in [1.807, 2.05) is 0 Å². The highest BCUT2D eigenvalue weighted by atomic mass is 19.4. The van der Waals surface area contributed by atoms with Gasteiger partial charge < -0.3 is 15.4 Å². The largest absolute Gasteiger partial charge is 0.433 e. The molecule has 1 saturated heterocycles. The summed E-state index contributed by atoms with van der Waals surface area (Å²) in [5.74, 6) is -0.255. The smallest absolute Gasteiger partial charge is 0.368 e. The second-order valence-electron chi connectivity index (χ2n) is 6.54. The van der Waals surface area contributed by atoms with Crippen LogP contribution in [0, 0.1) is 0 Å². The van der Waals surface area contributed by atoms with E-state index in [9.17, 15) is 18.0 Å². The molecule has 3 heterocycles. The van der Waals surface area contributed by atoms with Crippen LogP contribution in [0.15, 0.2) is 36.7 Å². The van der Waals surface area contributed by atoms with Gasteiger partial charge in [-0.05, 0) is 30.5 Å². The van der Waals surface area contributed by atoms with E-state index in [2.05, 4.69) is 25.7 Å². The van der Waals surface area contributed by atoms with Crippen LogP contribution in [-0.2, 0) is 22.3 Å². The molecule has 1 aromatic carbocycles. The average Bonchev–Trinajstić information content (AvgIpc) is 3.37. The summed E-state index contributed by atoms with van der Waals surface area (Å²) in [6.45, 7) is 0.782. The number of benzene rings is 1. The van der Waals surface area contributed by atoms with E-state index in [4.69, 9.17) is 4.74 Å². The lowest BCUT2D eigenvalue weighted by Crippen LogP contribution is -2.26. The van der Waals surface area contributed by atoms with Crippen molar-refractivity contribution in [3.63, 3.8) is 0 Å². The van der Waals surface area contributed by atoms with Gasteiger partial charge in [0.1, 0.15) is 18.2 Å². The SMILES string of the molecule is O=C(Nc1cccc(CNc2cc(C(F)(F)F)nc3ncnn23)c1)C1CCCO1. The second-order valence-corrected chi connectivity index (χ2v) is 6.54. The Bertz CT molecular complexity index is 1030. The van der Waals surface area contributed by atoms with Crippen molar-refractivity contribution in [3.05, 3.63) is 47.9 Å². The molecule has 1 fully saturated rings. The third-order valence-electron chi connectivity index (χ3n) is 4.43. The molecule has 0 bridgehead atoms. The number of alkyl halides is 3. The molecule has 0 radical (unpaired) electrons. The first kappa shape index (κ1) is 19.1. The van der Waals surface area contributed by atoms with Crippen LogP contribution in [0.25, 0.3) is 5.78 Å². The van der Waals surface area contributed by atoms with Crippen molar-refractivity contribution in [1.82, 2.24) is 19.6 Å². The lowest BCUT2D eigenvalue weighted by Gasteiger charge is -2.13. The van der Waals surface area contributed by atoms with E-state index in [0.717, 1.165) is 24.4 Å². The number of hydrogen-bond donors (Lipinski definition) is 2. The molecule has 0 spiro atoms. The molecule has 152 valence electrons. The summed E-state index contributed by atoms with van der Waals surface area (Å²) in [5.41, 5.74) is 0.285. The molecule has 0 aliphatic carbocycles. The summed E-state index contributed by atoms with van der Waals surface area (Å²) in [4.78, 5) is 19.4. The Morgan fingerprint density at radius 1 is 1.31 bits per heavy atom. The zero-order chi connectivity index (χ0) is 20.4. The Balaban J connectivity index is 1.49. The summed E-state index contributed by atoms with van der Waals surface area (Å²) in [6.07, 6.45) is -2.38. The molecule has 1 unspecified atom stereocenters. The van der Waals surface area contributed by atoms with Crippen LogP contribution < -0.4 is 10.6 Å². The highest BCUT2D eigenvalue weighted by Crippen LogP contribution is 2.29. The first-order chi connectivity index (χ1) is 13.9. The number of ether oxygens (including phenoxy) is 1. The van der Waals surface area contributed by atoms with E-state index < -0.39 is 18.0 Å². The normalized spacial score (nSPS) is 16.9. The predicted octanol–water partition coefficient (Wildman–Crippen LogP) is 2.87. The molecule has 11 heteroatoms. The summed E-state index contributed by atoms with van der Waals surface area (Å²) >= 11 is 0. The van der Waals surface area contributed by atoms with E-state index in [1.54, 1.807) is 24.3 Å². The van der Waals surface area contributed by atoms with Gasteiger partial charge >= 0.3 is 6.18 Å². The van der Waals surface area contributed by atoms with Crippen molar-refractivity contribution >= 4 is 23.2 Å². The molecule has 1 aliphatic rings. The van der Waals surface area contributed by atoms with Gasteiger partial charge in [0.05, 0.1) is 0 Å². The van der Waals surface area contributed by atoms with Crippen LogP contribution in [0.4, 0.5) is 24.7 Å². The molecular weight excluding hydrogens is 389 g/mol. The summed E-state index contributed by atoms with van der Waals surface area (Å²) in [6, 6.07) is 7.90. The molecular formula is C18H17F3N6O2. The summed E-state index contributed by atoms with van der Waals surface area (Å²) < 4.78 is 45.8. The Hall–Kier alpha value is -3.21. The zero-order valence-electron chi connectivity index (χ0n) is 15.1. The van der Waals surface area contributed by atoms with Gasteiger partial charge in [-0.3, -0.25) is 4.79 Å². The van der Waals surface area contributed by atoms with Gasteiger partial charge in [0.25, 0.3) is 11.7 Å². The number of carbonyl (C=O) groups is 1. The number of aromatic nitrogens is 4. The number of carbonyl (C=O) groups excluding carboxylic acids is 1. The molecule has 2 aromatic heterocycles. The molecule has 1 atom stereocenters. The average molecular weight is 406 g/mol. The van der Waals surface area contributed by atoms with Gasteiger partial charge in [-0.25, -0.2) is 4.98 Å². The topological polar surface area (TPSA) is 93.4 Å². The maximum Gasteiger partial charge on any atom is 0.433 e. The number of hydrogen-bond acceptors (Lipinski definition) is 6. The quantitative estimate of drug-likeness (QED) is 0.677.